The molecule has 0 saturated carbocycles. The maximum absolute atomic E-state index is 12.3. The van der Waals surface area contributed by atoms with Crippen LogP contribution in [-0.2, 0) is 10.0 Å². The third-order valence-corrected chi connectivity index (χ3v) is 5.47. The summed E-state index contributed by atoms with van der Waals surface area (Å²) in [4.78, 5) is 11.4. The summed E-state index contributed by atoms with van der Waals surface area (Å²) < 4.78 is 32.7. The highest BCUT2D eigenvalue weighted by atomic mass is 32.2. The van der Waals surface area contributed by atoms with Gasteiger partial charge in [-0.15, -0.1) is 0 Å². The molecule has 6 heteroatoms. The number of ketones is 1. The summed E-state index contributed by atoms with van der Waals surface area (Å²) in [7, 11) is -3.73. The molecule has 0 heterocycles. The summed E-state index contributed by atoms with van der Waals surface area (Å²) in [6.45, 7) is 1.49. The van der Waals surface area contributed by atoms with E-state index in [2.05, 4.69) is 16.6 Å². The van der Waals surface area contributed by atoms with Crippen molar-refractivity contribution in [2.75, 3.05) is 13.2 Å². The highest BCUT2D eigenvalue weighted by Gasteiger charge is 2.14. The summed E-state index contributed by atoms with van der Waals surface area (Å²) >= 11 is 0. The molecule has 0 spiro atoms. The molecule has 0 unspecified atom stereocenters. The molecule has 1 N–H and O–H groups in total. The average Bonchev–Trinajstić information content (AvgIpc) is 2.70. The summed E-state index contributed by atoms with van der Waals surface area (Å²) in [6, 6.07) is 19.6. The van der Waals surface area contributed by atoms with Crippen molar-refractivity contribution >= 4 is 26.6 Å². The summed E-state index contributed by atoms with van der Waals surface area (Å²) in [6.07, 6.45) is 0. The molecule has 0 saturated heterocycles. The van der Waals surface area contributed by atoms with Crippen molar-refractivity contribution in [1.82, 2.24) is 4.72 Å². The highest BCUT2D eigenvalue weighted by molar-refractivity contribution is 7.89. The van der Waals surface area contributed by atoms with Crippen LogP contribution in [0.3, 0.4) is 0 Å². The third-order valence-electron chi connectivity index (χ3n) is 4.08. The second-order valence-electron chi connectivity index (χ2n) is 6.03. The fourth-order valence-electron chi connectivity index (χ4n) is 2.65. The minimum atomic E-state index is -3.73. The van der Waals surface area contributed by atoms with E-state index in [1.807, 2.05) is 42.5 Å². The number of rotatable bonds is 6. The van der Waals surface area contributed by atoms with E-state index < -0.39 is 10.0 Å². The minimum absolute atomic E-state index is 0.0361. The van der Waals surface area contributed by atoms with Crippen molar-refractivity contribution in [3.8, 4) is 17.6 Å². The van der Waals surface area contributed by atoms with Gasteiger partial charge >= 0.3 is 0 Å². The number of benzene rings is 3. The first kappa shape index (κ1) is 19.6. The van der Waals surface area contributed by atoms with Gasteiger partial charge in [-0.05, 0) is 30.5 Å². The monoisotopic (exact) mass is 393 g/mol. The van der Waals surface area contributed by atoms with Crippen molar-refractivity contribution in [2.45, 2.75) is 11.8 Å². The Kier molecular flexibility index (Phi) is 6.09. The quantitative estimate of drug-likeness (QED) is 0.515. The molecule has 5 nitrogen and oxygen atoms in total. The molecule has 142 valence electrons. The first-order valence-electron chi connectivity index (χ1n) is 8.64. The van der Waals surface area contributed by atoms with E-state index in [-0.39, 0.29) is 23.8 Å². The lowest BCUT2D eigenvalue weighted by Crippen LogP contribution is -2.24. The molecule has 0 aliphatic heterocycles. The van der Waals surface area contributed by atoms with Crippen molar-refractivity contribution < 1.29 is 17.9 Å². The Morgan fingerprint density at radius 1 is 1.00 bits per heavy atom. The maximum atomic E-state index is 12.3. The Labute approximate surface area is 164 Å². The number of hydrogen-bond donors (Lipinski definition) is 1. The smallest absolute Gasteiger partial charge is 0.241 e. The Morgan fingerprint density at radius 3 is 2.57 bits per heavy atom. The number of sulfonamides is 1. The SMILES string of the molecule is CC(=O)c1cccc(S(=O)(=O)NCC#CCOc2cccc3ccccc23)c1. The maximum Gasteiger partial charge on any atom is 0.241 e. The van der Waals surface area contributed by atoms with Gasteiger partial charge in [0.05, 0.1) is 11.4 Å². The molecular formula is C22H19NO4S. The van der Waals surface area contributed by atoms with E-state index in [1.165, 1.54) is 25.1 Å². The van der Waals surface area contributed by atoms with Crippen LogP contribution >= 0.6 is 0 Å². The lowest BCUT2D eigenvalue weighted by Gasteiger charge is -2.06. The highest BCUT2D eigenvalue weighted by Crippen LogP contribution is 2.24. The van der Waals surface area contributed by atoms with Crippen LogP contribution in [0.15, 0.2) is 71.6 Å². The molecule has 0 aliphatic rings. The van der Waals surface area contributed by atoms with E-state index in [0.29, 0.717) is 5.56 Å². The summed E-state index contributed by atoms with van der Waals surface area (Å²) in [5.41, 5.74) is 0.345. The van der Waals surface area contributed by atoms with Crippen molar-refractivity contribution in [3.63, 3.8) is 0 Å². The molecule has 3 rings (SSSR count). The predicted molar refractivity (Wildman–Crippen MR) is 109 cm³/mol. The normalized spacial score (nSPS) is 10.9. The molecule has 3 aromatic rings. The topological polar surface area (TPSA) is 72.5 Å². The second kappa shape index (κ2) is 8.70. The molecule has 0 fully saturated rings. The Hall–Kier alpha value is -3.14. The van der Waals surface area contributed by atoms with E-state index in [4.69, 9.17) is 4.74 Å². The van der Waals surface area contributed by atoms with Crippen LogP contribution in [0.2, 0.25) is 0 Å². The molecule has 0 bridgehead atoms. The molecule has 0 aliphatic carbocycles. The fraction of sp³-hybridized carbons (Fsp3) is 0.136. The zero-order valence-corrected chi connectivity index (χ0v) is 16.1. The molecule has 0 radical (unpaired) electrons. The summed E-state index contributed by atoms with van der Waals surface area (Å²) in [5, 5.41) is 2.08. The van der Waals surface area contributed by atoms with E-state index in [1.54, 1.807) is 6.07 Å². The number of carbonyl (C=O) groups is 1. The van der Waals surface area contributed by atoms with E-state index in [0.717, 1.165) is 16.5 Å². The molecule has 28 heavy (non-hydrogen) atoms. The van der Waals surface area contributed by atoms with Crippen LogP contribution in [0.5, 0.6) is 5.75 Å². The Bertz CT molecular complexity index is 1170. The van der Waals surface area contributed by atoms with Crippen LogP contribution in [0.4, 0.5) is 0 Å². The van der Waals surface area contributed by atoms with Gasteiger partial charge in [-0.3, -0.25) is 4.79 Å². The number of carbonyl (C=O) groups excluding carboxylic acids is 1. The minimum Gasteiger partial charge on any atom is -0.480 e. The third kappa shape index (κ3) is 4.77. The molecule has 0 atom stereocenters. The predicted octanol–water partition coefficient (Wildman–Crippen LogP) is 3.40. The fourth-order valence-corrected chi connectivity index (χ4v) is 3.61. The van der Waals surface area contributed by atoms with Gasteiger partial charge < -0.3 is 4.74 Å². The van der Waals surface area contributed by atoms with Crippen molar-refractivity contribution in [2.24, 2.45) is 0 Å². The first-order valence-corrected chi connectivity index (χ1v) is 10.1. The lowest BCUT2D eigenvalue weighted by molar-refractivity contribution is 0.101. The number of nitrogens with one attached hydrogen (secondary N) is 1. The largest absolute Gasteiger partial charge is 0.480 e. The molecule has 3 aromatic carbocycles. The Morgan fingerprint density at radius 2 is 1.75 bits per heavy atom. The summed E-state index contributed by atoms with van der Waals surface area (Å²) in [5.74, 6) is 6.07. The van der Waals surface area contributed by atoms with Gasteiger partial charge in [-0.25, -0.2) is 8.42 Å². The molecular weight excluding hydrogens is 374 g/mol. The van der Waals surface area contributed by atoms with Crippen LogP contribution in [0.25, 0.3) is 10.8 Å². The number of Topliss-reactive ketones (excluding diaryl/α,β-unsaturated/α-hetero) is 1. The average molecular weight is 393 g/mol. The van der Waals surface area contributed by atoms with E-state index >= 15 is 0 Å². The lowest BCUT2D eigenvalue weighted by atomic mass is 10.1. The number of hydrogen-bond acceptors (Lipinski definition) is 4. The van der Waals surface area contributed by atoms with Gasteiger partial charge in [0.2, 0.25) is 10.0 Å². The van der Waals surface area contributed by atoms with Crippen LogP contribution in [-0.4, -0.2) is 27.4 Å². The van der Waals surface area contributed by atoms with Gasteiger partial charge in [-0.2, -0.15) is 4.72 Å². The van der Waals surface area contributed by atoms with Crippen molar-refractivity contribution in [3.05, 3.63) is 72.3 Å². The molecule has 0 amide bonds. The van der Waals surface area contributed by atoms with Gasteiger partial charge in [-0.1, -0.05) is 60.4 Å². The van der Waals surface area contributed by atoms with Crippen LogP contribution < -0.4 is 9.46 Å². The van der Waals surface area contributed by atoms with Crippen molar-refractivity contribution in [1.29, 1.82) is 0 Å². The Balaban J connectivity index is 1.58. The van der Waals surface area contributed by atoms with Crippen LogP contribution in [0.1, 0.15) is 17.3 Å². The molecule has 0 aromatic heterocycles. The van der Waals surface area contributed by atoms with Gasteiger partial charge in [0.1, 0.15) is 12.4 Å². The van der Waals surface area contributed by atoms with E-state index in [9.17, 15) is 13.2 Å². The second-order valence-corrected chi connectivity index (χ2v) is 7.80. The van der Waals surface area contributed by atoms with Gasteiger partial charge in [0.15, 0.2) is 5.78 Å². The van der Waals surface area contributed by atoms with Gasteiger partial charge in [0.25, 0.3) is 0 Å². The first-order chi connectivity index (χ1) is 13.5. The van der Waals surface area contributed by atoms with Gasteiger partial charge in [0, 0.05) is 10.9 Å². The zero-order chi connectivity index (χ0) is 20.0. The number of fused-ring (bicyclic) bond motifs is 1. The number of ether oxygens (including phenoxy) is 1. The standard InChI is InChI=1S/C22H19NO4S/c1-17(24)19-10-6-11-20(16-19)28(25,26)23-14-4-5-15-27-22-13-7-9-18-8-2-3-12-21(18)22/h2-3,6-13,16,23H,14-15H2,1H3. The van der Waals surface area contributed by atoms with Crippen LogP contribution in [0, 0.1) is 11.8 Å². The zero-order valence-electron chi connectivity index (χ0n) is 15.3.